The summed E-state index contributed by atoms with van der Waals surface area (Å²) in [5, 5.41) is 0. The topological polar surface area (TPSA) is 18.5 Å². The van der Waals surface area contributed by atoms with Crippen molar-refractivity contribution in [2.45, 2.75) is 13.3 Å². The van der Waals surface area contributed by atoms with E-state index in [4.69, 9.17) is 11.6 Å². The maximum absolute atomic E-state index is 5.29. The molecule has 0 aliphatic rings. The van der Waals surface area contributed by atoms with Crippen molar-refractivity contribution >= 4 is 11.6 Å². The summed E-state index contributed by atoms with van der Waals surface area (Å²) in [6, 6.07) is 0. The Kier molecular flexibility index (Phi) is 7.61. The monoisotopic (exact) mass is 150 g/mol. The average molecular weight is 151 g/mol. The van der Waals surface area contributed by atoms with Crippen LogP contribution in [0.1, 0.15) is 13.3 Å². The second kappa shape index (κ2) is 7.79. The van der Waals surface area contributed by atoms with Gasteiger partial charge in [0, 0.05) is 0 Å². The van der Waals surface area contributed by atoms with Gasteiger partial charge in [0.15, 0.2) is 0 Å². The second-order valence-electron chi connectivity index (χ2n) is 1.39. The van der Waals surface area contributed by atoms with E-state index in [2.05, 4.69) is 9.78 Å². The molecule has 0 unspecified atom stereocenters. The van der Waals surface area contributed by atoms with Gasteiger partial charge in [0.2, 0.25) is 0 Å². The molecule has 0 aromatic heterocycles. The highest BCUT2D eigenvalue weighted by Crippen LogP contribution is 1.84. The molecular weight excluding hydrogens is 140 g/mol. The molecule has 0 radical (unpaired) electrons. The van der Waals surface area contributed by atoms with E-state index in [0.717, 1.165) is 6.42 Å². The molecule has 54 valence electrons. The zero-order chi connectivity index (χ0) is 6.95. The lowest BCUT2D eigenvalue weighted by molar-refractivity contribution is -0.243. The normalized spacial score (nSPS) is 10.4. The minimum atomic E-state index is 0.426. The quantitative estimate of drug-likeness (QED) is 0.197. The lowest BCUT2D eigenvalue weighted by atomic mass is 10.5. The minimum Gasteiger partial charge on any atom is -0.346 e. The van der Waals surface area contributed by atoms with Crippen molar-refractivity contribution < 1.29 is 9.78 Å². The van der Waals surface area contributed by atoms with Gasteiger partial charge in [-0.25, -0.2) is 0 Å². The lowest BCUT2D eigenvalue weighted by Gasteiger charge is -1.94. The first-order valence-corrected chi connectivity index (χ1v) is 3.44. The average Bonchev–Trinajstić information content (AvgIpc) is 1.89. The van der Waals surface area contributed by atoms with Crippen LogP contribution in [0.5, 0.6) is 0 Å². The van der Waals surface area contributed by atoms with E-state index >= 15 is 0 Å². The van der Waals surface area contributed by atoms with Gasteiger partial charge in [-0.05, 0) is 12.5 Å². The third kappa shape index (κ3) is 7.79. The van der Waals surface area contributed by atoms with Crippen LogP contribution in [0.25, 0.3) is 0 Å². The zero-order valence-electron chi connectivity index (χ0n) is 5.47. The van der Waals surface area contributed by atoms with E-state index in [1.165, 1.54) is 6.26 Å². The summed E-state index contributed by atoms with van der Waals surface area (Å²) in [5.74, 6) is 0.458. The van der Waals surface area contributed by atoms with Gasteiger partial charge in [-0.3, -0.25) is 0 Å². The Hall–Kier alpha value is -0.210. The van der Waals surface area contributed by atoms with Crippen LogP contribution in [-0.2, 0) is 9.78 Å². The molecule has 0 N–H and O–H groups in total. The van der Waals surface area contributed by atoms with Gasteiger partial charge in [0.05, 0.1) is 5.88 Å². The molecule has 0 spiro atoms. The van der Waals surface area contributed by atoms with Crippen molar-refractivity contribution in [3.63, 3.8) is 0 Å². The van der Waals surface area contributed by atoms with Crippen LogP contribution in [-0.4, -0.2) is 12.5 Å². The molecule has 0 rings (SSSR count). The zero-order valence-corrected chi connectivity index (χ0v) is 6.23. The molecule has 2 nitrogen and oxygen atoms in total. The van der Waals surface area contributed by atoms with Crippen LogP contribution >= 0.6 is 11.6 Å². The Bertz CT molecular complexity index is 73.5. The first kappa shape index (κ1) is 8.79. The maximum atomic E-state index is 5.29. The molecule has 0 fully saturated rings. The van der Waals surface area contributed by atoms with Gasteiger partial charge in [0.25, 0.3) is 0 Å². The van der Waals surface area contributed by atoms with Crippen LogP contribution in [0.15, 0.2) is 12.3 Å². The van der Waals surface area contributed by atoms with E-state index in [0.29, 0.717) is 12.5 Å². The van der Waals surface area contributed by atoms with Crippen molar-refractivity contribution in [3.05, 3.63) is 12.3 Å². The Morgan fingerprint density at radius 3 is 2.89 bits per heavy atom. The fourth-order valence-corrected chi connectivity index (χ4v) is 0.317. The molecular formula is C6H11ClO2. The van der Waals surface area contributed by atoms with Crippen molar-refractivity contribution in [3.8, 4) is 0 Å². The highest BCUT2D eigenvalue weighted by molar-refractivity contribution is 6.17. The van der Waals surface area contributed by atoms with Crippen molar-refractivity contribution in [2.75, 3.05) is 12.5 Å². The predicted octanol–water partition coefficient (Wildman–Crippen LogP) is 2.10. The molecule has 0 heterocycles. The van der Waals surface area contributed by atoms with Crippen molar-refractivity contribution in [1.82, 2.24) is 0 Å². The van der Waals surface area contributed by atoms with E-state index in [-0.39, 0.29) is 0 Å². The Labute approximate surface area is 60.3 Å². The fraction of sp³-hybridized carbons (Fsp3) is 0.667. The van der Waals surface area contributed by atoms with Crippen LogP contribution in [0, 0.1) is 0 Å². The third-order valence-corrected chi connectivity index (χ3v) is 0.770. The Morgan fingerprint density at radius 2 is 2.33 bits per heavy atom. The second-order valence-corrected chi connectivity index (χ2v) is 1.77. The standard InChI is InChI=1S/C6H11ClO2/c1-2-3-5-8-9-6-4-7/h3,5H,2,4,6H2,1H3. The summed E-state index contributed by atoms with van der Waals surface area (Å²) in [7, 11) is 0. The van der Waals surface area contributed by atoms with Crippen LogP contribution < -0.4 is 0 Å². The van der Waals surface area contributed by atoms with E-state index < -0.39 is 0 Å². The molecule has 0 aliphatic heterocycles. The van der Waals surface area contributed by atoms with Gasteiger partial charge in [-0.1, -0.05) is 6.92 Å². The molecule has 0 bridgehead atoms. The highest BCUT2D eigenvalue weighted by atomic mass is 35.5. The lowest BCUT2D eigenvalue weighted by Crippen LogP contribution is -1.91. The fourth-order valence-electron chi connectivity index (χ4n) is 0.254. The predicted molar refractivity (Wildman–Crippen MR) is 37.2 cm³/mol. The van der Waals surface area contributed by atoms with Crippen LogP contribution in [0.3, 0.4) is 0 Å². The molecule has 0 aliphatic carbocycles. The first-order chi connectivity index (χ1) is 4.41. The van der Waals surface area contributed by atoms with E-state index in [1.54, 1.807) is 0 Å². The number of hydrogen-bond acceptors (Lipinski definition) is 2. The summed E-state index contributed by atoms with van der Waals surface area (Å²) < 4.78 is 0. The highest BCUT2D eigenvalue weighted by Gasteiger charge is 1.79. The summed E-state index contributed by atoms with van der Waals surface area (Å²) in [6.07, 6.45) is 4.31. The largest absolute Gasteiger partial charge is 0.346 e. The molecule has 0 aromatic rings. The van der Waals surface area contributed by atoms with Crippen molar-refractivity contribution in [2.24, 2.45) is 0 Å². The molecule has 9 heavy (non-hydrogen) atoms. The molecule has 0 atom stereocenters. The Morgan fingerprint density at radius 1 is 1.56 bits per heavy atom. The van der Waals surface area contributed by atoms with Gasteiger partial charge < -0.3 is 4.89 Å². The summed E-state index contributed by atoms with van der Waals surface area (Å²) >= 11 is 5.29. The summed E-state index contributed by atoms with van der Waals surface area (Å²) in [6.45, 7) is 2.44. The number of rotatable bonds is 5. The van der Waals surface area contributed by atoms with Crippen LogP contribution in [0.2, 0.25) is 0 Å². The summed E-state index contributed by atoms with van der Waals surface area (Å²) in [4.78, 5) is 9.12. The van der Waals surface area contributed by atoms with Gasteiger partial charge in [-0.2, -0.15) is 4.89 Å². The van der Waals surface area contributed by atoms with Crippen LogP contribution in [0.4, 0.5) is 0 Å². The summed E-state index contributed by atoms with van der Waals surface area (Å²) in [5.41, 5.74) is 0. The molecule has 0 aromatic carbocycles. The molecule has 0 amide bonds. The van der Waals surface area contributed by atoms with Gasteiger partial charge in [-0.15, -0.1) is 11.6 Å². The van der Waals surface area contributed by atoms with E-state index in [9.17, 15) is 0 Å². The first-order valence-electron chi connectivity index (χ1n) is 2.91. The van der Waals surface area contributed by atoms with Gasteiger partial charge in [0.1, 0.15) is 12.9 Å². The maximum Gasteiger partial charge on any atom is 0.125 e. The number of hydrogen-bond donors (Lipinski definition) is 0. The number of allylic oxidation sites excluding steroid dienone is 1. The van der Waals surface area contributed by atoms with E-state index in [1.807, 2.05) is 13.0 Å². The Balaban J connectivity index is 2.82. The molecule has 3 heteroatoms. The molecule has 0 saturated carbocycles. The molecule has 0 saturated heterocycles. The SMILES string of the molecule is CCC=COOCCCl. The number of halogens is 1. The van der Waals surface area contributed by atoms with Crippen molar-refractivity contribution in [1.29, 1.82) is 0 Å². The number of alkyl halides is 1. The smallest absolute Gasteiger partial charge is 0.125 e. The minimum absolute atomic E-state index is 0.426. The van der Waals surface area contributed by atoms with Gasteiger partial charge >= 0.3 is 0 Å². The third-order valence-electron chi connectivity index (χ3n) is 0.616.